The van der Waals surface area contributed by atoms with Crippen LogP contribution >= 0.6 is 0 Å². The molecule has 0 aliphatic rings. The van der Waals surface area contributed by atoms with Gasteiger partial charge in [0, 0.05) is 6.61 Å². The summed E-state index contributed by atoms with van der Waals surface area (Å²) in [6.45, 7) is 17.4. The molecule has 0 bridgehead atoms. The molecule has 0 aliphatic carbocycles. The van der Waals surface area contributed by atoms with Gasteiger partial charge in [-0.05, 0) is 34.8 Å². The summed E-state index contributed by atoms with van der Waals surface area (Å²) in [4.78, 5) is 0. The van der Waals surface area contributed by atoms with Crippen molar-refractivity contribution in [2.45, 2.75) is 61.0 Å². The summed E-state index contributed by atoms with van der Waals surface area (Å²) in [6.07, 6.45) is 2.17. The Hall–Kier alpha value is -0.900. The predicted octanol–water partition coefficient (Wildman–Crippen LogP) is 5.26. The van der Waals surface area contributed by atoms with E-state index in [1.165, 1.54) is 11.1 Å². The Bertz CT molecular complexity index is 452. The number of hydrogen-bond donors (Lipinski definition) is 0. The van der Waals surface area contributed by atoms with Crippen LogP contribution in [0.4, 0.5) is 0 Å². The van der Waals surface area contributed by atoms with Crippen LogP contribution in [-0.2, 0) is 27.2 Å². The molecule has 0 N–H and O–H groups in total. The van der Waals surface area contributed by atoms with Crippen LogP contribution in [0.5, 0.6) is 0 Å². The number of ether oxygens (including phenoxy) is 3. The average Bonchev–Trinajstić information content (AvgIpc) is 2.48. The van der Waals surface area contributed by atoms with Gasteiger partial charge in [-0.2, -0.15) is 0 Å². The van der Waals surface area contributed by atoms with E-state index in [1.807, 2.05) is 0 Å². The Labute approximate surface area is 155 Å². The molecule has 1 aromatic rings. The van der Waals surface area contributed by atoms with Crippen LogP contribution in [-0.4, -0.2) is 33.0 Å². The molecule has 0 saturated heterocycles. The van der Waals surface area contributed by atoms with Crippen LogP contribution in [0.15, 0.2) is 24.3 Å². The zero-order chi connectivity index (χ0) is 18.8. The molecule has 0 fully saturated rings. The van der Waals surface area contributed by atoms with Gasteiger partial charge in [0.05, 0.1) is 33.0 Å². The van der Waals surface area contributed by atoms with Crippen molar-refractivity contribution in [1.82, 2.24) is 0 Å². The van der Waals surface area contributed by atoms with Crippen LogP contribution in [0.3, 0.4) is 0 Å². The van der Waals surface area contributed by atoms with Gasteiger partial charge in [-0.3, -0.25) is 0 Å². The molecule has 0 amide bonds. The zero-order valence-corrected chi connectivity index (χ0v) is 17.2. The van der Waals surface area contributed by atoms with E-state index in [2.05, 4.69) is 65.8 Å². The highest BCUT2D eigenvalue weighted by atomic mass is 16.5. The minimum atomic E-state index is 0.325. The van der Waals surface area contributed by atoms with Gasteiger partial charge in [0.2, 0.25) is 0 Å². The third-order valence-corrected chi connectivity index (χ3v) is 3.77. The molecule has 25 heavy (non-hydrogen) atoms. The summed E-state index contributed by atoms with van der Waals surface area (Å²) >= 11 is 0. The molecule has 0 aromatic heterocycles. The van der Waals surface area contributed by atoms with Gasteiger partial charge in [-0.1, -0.05) is 65.8 Å². The van der Waals surface area contributed by atoms with Gasteiger partial charge in [0.15, 0.2) is 0 Å². The van der Waals surface area contributed by atoms with Crippen LogP contribution in [0.25, 0.3) is 0 Å². The number of rotatable bonds is 11. The Kier molecular flexibility index (Phi) is 9.70. The van der Waals surface area contributed by atoms with E-state index in [0.29, 0.717) is 43.9 Å². The molecule has 0 aliphatic heterocycles. The Morgan fingerprint density at radius 3 is 1.60 bits per heavy atom. The number of hydrogen-bond acceptors (Lipinski definition) is 3. The SMILES string of the molecule is CC(C)(C)CCOCCOCCOCc1ccc(CC(C)(C)C)cc1. The third kappa shape index (κ3) is 13.0. The van der Waals surface area contributed by atoms with Crippen molar-refractivity contribution in [2.24, 2.45) is 10.8 Å². The Balaban J connectivity index is 2.01. The molecule has 0 spiro atoms. The summed E-state index contributed by atoms with van der Waals surface area (Å²) in [5, 5.41) is 0. The van der Waals surface area contributed by atoms with E-state index < -0.39 is 0 Å². The molecule has 1 aromatic carbocycles. The van der Waals surface area contributed by atoms with E-state index >= 15 is 0 Å². The van der Waals surface area contributed by atoms with Crippen LogP contribution in [0.1, 0.15) is 59.1 Å². The molecule has 144 valence electrons. The lowest BCUT2D eigenvalue weighted by Crippen LogP contribution is -2.13. The first-order chi connectivity index (χ1) is 11.7. The van der Waals surface area contributed by atoms with Gasteiger partial charge in [0.25, 0.3) is 0 Å². The maximum Gasteiger partial charge on any atom is 0.0718 e. The molecule has 0 atom stereocenters. The molecular weight excluding hydrogens is 312 g/mol. The first-order valence-corrected chi connectivity index (χ1v) is 9.47. The topological polar surface area (TPSA) is 27.7 Å². The maximum absolute atomic E-state index is 5.67. The average molecular weight is 351 g/mol. The van der Waals surface area contributed by atoms with Gasteiger partial charge in [0.1, 0.15) is 0 Å². The van der Waals surface area contributed by atoms with Gasteiger partial charge in [-0.25, -0.2) is 0 Å². The molecule has 0 heterocycles. The Morgan fingerprint density at radius 2 is 1.08 bits per heavy atom. The molecule has 0 unspecified atom stereocenters. The van der Waals surface area contributed by atoms with Crippen LogP contribution in [0.2, 0.25) is 0 Å². The normalized spacial score (nSPS) is 12.6. The fourth-order valence-corrected chi connectivity index (χ4v) is 2.37. The number of benzene rings is 1. The Morgan fingerprint density at radius 1 is 0.600 bits per heavy atom. The molecule has 0 saturated carbocycles. The van der Waals surface area contributed by atoms with Crippen molar-refractivity contribution in [2.75, 3.05) is 33.0 Å². The van der Waals surface area contributed by atoms with E-state index in [0.717, 1.165) is 19.4 Å². The van der Waals surface area contributed by atoms with Gasteiger partial charge in [-0.15, -0.1) is 0 Å². The molecule has 1 rings (SSSR count). The van der Waals surface area contributed by atoms with Crippen molar-refractivity contribution in [3.63, 3.8) is 0 Å². The molecule has 3 nitrogen and oxygen atoms in total. The summed E-state index contributed by atoms with van der Waals surface area (Å²) < 4.78 is 16.8. The second-order valence-electron chi connectivity index (χ2n) is 9.14. The fraction of sp³-hybridized carbons (Fsp3) is 0.727. The van der Waals surface area contributed by atoms with E-state index in [9.17, 15) is 0 Å². The van der Waals surface area contributed by atoms with E-state index in [4.69, 9.17) is 14.2 Å². The van der Waals surface area contributed by atoms with Crippen molar-refractivity contribution in [3.05, 3.63) is 35.4 Å². The lowest BCUT2D eigenvalue weighted by molar-refractivity contribution is 0.00690. The minimum Gasteiger partial charge on any atom is -0.379 e. The lowest BCUT2D eigenvalue weighted by atomic mass is 9.88. The zero-order valence-electron chi connectivity index (χ0n) is 17.2. The summed E-state index contributed by atoms with van der Waals surface area (Å²) in [7, 11) is 0. The lowest BCUT2D eigenvalue weighted by Gasteiger charge is -2.18. The highest BCUT2D eigenvalue weighted by Gasteiger charge is 2.11. The van der Waals surface area contributed by atoms with Crippen molar-refractivity contribution < 1.29 is 14.2 Å². The third-order valence-electron chi connectivity index (χ3n) is 3.77. The fourth-order valence-electron chi connectivity index (χ4n) is 2.37. The molecular formula is C22H38O3. The van der Waals surface area contributed by atoms with Gasteiger partial charge >= 0.3 is 0 Å². The quantitative estimate of drug-likeness (QED) is 0.509. The van der Waals surface area contributed by atoms with E-state index in [-0.39, 0.29) is 0 Å². The molecule has 3 heteroatoms. The first kappa shape index (κ1) is 22.1. The van der Waals surface area contributed by atoms with Crippen molar-refractivity contribution in [3.8, 4) is 0 Å². The summed E-state index contributed by atoms with van der Waals surface area (Å²) in [5.41, 5.74) is 3.25. The standard InChI is InChI=1S/C22H38O3/c1-21(2,3)11-12-23-13-14-24-15-16-25-18-20-9-7-19(8-10-20)17-22(4,5)6/h7-10H,11-18H2,1-6H3. The summed E-state index contributed by atoms with van der Waals surface area (Å²) in [6, 6.07) is 8.72. The van der Waals surface area contributed by atoms with Crippen molar-refractivity contribution in [1.29, 1.82) is 0 Å². The highest BCUT2D eigenvalue weighted by Crippen LogP contribution is 2.20. The predicted molar refractivity (Wildman–Crippen MR) is 105 cm³/mol. The largest absolute Gasteiger partial charge is 0.379 e. The first-order valence-electron chi connectivity index (χ1n) is 9.47. The van der Waals surface area contributed by atoms with E-state index in [1.54, 1.807) is 0 Å². The van der Waals surface area contributed by atoms with Crippen LogP contribution in [0, 0.1) is 10.8 Å². The minimum absolute atomic E-state index is 0.325. The summed E-state index contributed by atoms with van der Waals surface area (Å²) in [5.74, 6) is 0. The van der Waals surface area contributed by atoms with Gasteiger partial charge < -0.3 is 14.2 Å². The highest BCUT2D eigenvalue weighted by molar-refractivity contribution is 5.22. The van der Waals surface area contributed by atoms with Crippen molar-refractivity contribution >= 4 is 0 Å². The maximum atomic E-state index is 5.67. The monoisotopic (exact) mass is 350 g/mol. The molecule has 0 radical (unpaired) electrons. The second kappa shape index (κ2) is 10.9. The smallest absolute Gasteiger partial charge is 0.0718 e. The second-order valence-corrected chi connectivity index (χ2v) is 9.14. The van der Waals surface area contributed by atoms with Crippen LogP contribution < -0.4 is 0 Å².